The van der Waals surface area contributed by atoms with Gasteiger partial charge in [0.2, 0.25) is 11.9 Å². The third-order valence-electron chi connectivity index (χ3n) is 5.78. The molecule has 0 saturated heterocycles. The highest BCUT2D eigenvalue weighted by atomic mass is 19.1. The number of H-pyrrole nitrogens is 1. The fourth-order valence-corrected chi connectivity index (χ4v) is 4.21. The number of fused-ring (bicyclic) bond motifs is 2. The zero-order chi connectivity index (χ0) is 24.5. The number of rotatable bonds is 4. The van der Waals surface area contributed by atoms with Crippen LogP contribution in [0.3, 0.4) is 0 Å². The summed E-state index contributed by atoms with van der Waals surface area (Å²) in [6.45, 7) is 1.39. The minimum absolute atomic E-state index is 0.00893. The van der Waals surface area contributed by atoms with Crippen molar-refractivity contribution in [2.24, 2.45) is 5.92 Å². The number of halogens is 2. The molecular formula is C24H19F2N5O4. The molecule has 2 atom stereocenters. The lowest BCUT2D eigenvalue weighted by molar-refractivity contribution is -0.119. The molecule has 0 fully saturated rings. The number of nitriles is 1. The van der Waals surface area contributed by atoms with Crippen LogP contribution < -0.4 is 25.7 Å². The molecule has 2 unspecified atom stereocenters. The Labute approximate surface area is 197 Å². The van der Waals surface area contributed by atoms with E-state index in [0.29, 0.717) is 30.8 Å². The van der Waals surface area contributed by atoms with Gasteiger partial charge < -0.3 is 20.1 Å². The number of nitrogens with zero attached hydrogens (tertiary/aromatic N) is 2. The maximum Gasteiger partial charge on any atom is 0.258 e. The van der Waals surface area contributed by atoms with Gasteiger partial charge in [-0.05, 0) is 35.4 Å². The van der Waals surface area contributed by atoms with Crippen LogP contribution >= 0.6 is 0 Å². The fraction of sp³-hybridized carbons (Fsp3) is 0.250. The minimum atomic E-state index is -1.37. The number of amides is 1. The van der Waals surface area contributed by atoms with Crippen molar-refractivity contribution in [1.82, 2.24) is 9.97 Å². The van der Waals surface area contributed by atoms with Crippen molar-refractivity contribution in [3.05, 3.63) is 75.1 Å². The number of hydrogen-bond donors (Lipinski definition) is 3. The summed E-state index contributed by atoms with van der Waals surface area (Å²) in [6.07, 6.45) is 0.782. The Hall–Kier alpha value is -4.46. The van der Waals surface area contributed by atoms with E-state index in [4.69, 9.17) is 9.47 Å². The first-order valence-electron chi connectivity index (χ1n) is 10.9. The van der Waals surface area contributed by atoms with Crippen molar-refractivity contribution in [2.75, 3.05) is 23.8 Å². The van der Waals surface area contributed by atoms with Gasteiger partial charge in [0.1, 0.15) is 23.4 Å². The lowest BCUT2D eigenvalue weighted by Crippen LogP contribution is -2.38. The smallest absolute Gasteiger partial charge is 0.258 e. The molecular weight excluding hydrogens is 460 g/mol. The van der Waals surface area contributed by atoms with Crippen LogP contribution in [-0.2, 0) is 11.3 Å². The molecule has 11 heteroatoms. The minimum Gasteiger partial charge on any atom is -0.490 e. The molecule has 5 rings (SSSR count). The summed E-state index contributed by atoms with van der Waals surface area (Å²) in [7, 11) is 0. The van der Waals surface area contributed by atoms with Gasteiger partial charge in [0.05, 0.1) is 24.8 Å². The second-order valence-electron chi connectivity index (χ2n) is 8.14. The first-order valence-corrected chi connectivity index (χ1v) is 10.9. The van der Waals surface area contributed by atoms with Crippen molar-refractivity contribution in [2.45, 2.75) is 18.9 Å². The van der Waals surface area contributed by atoms with Gasteiger partial charge >= 0.3 is 0 Å². The molecule has 3 N–H and O–H groups in total. The van der Waals surface area contributed by atoms with E-state index in [2.05, 4.69) is 20.6 Å². The van der Waals surface area contributed by atoms with E-state index in [1.165, 1.54) is 0 Å². The molecule has 1 aromatic heterocycles. The zero-order valence-corrected chi connectivity index (χ0v) is 18.2. The van der Waals surface area contributed by atoms with E-state index in [-0.39, 0.29) is 29.4 Å². The highest BCUT2D eigenvalue weighted by Gasteiger charge is 2.40. The maximum absolute atomic E-state index is 13.9. The molecule has 35 heavy (non-hydrogen) atoms. The van der Waals surface area contributed by atoms with Crippen molar-refractivity contribution in [3.8, 4) is 17.6 Å². The van der Waals surface area contributed by atoms with Gasteiger partial charge in [-0.3, -0.25) is 14.6 Å². The molecule has 0 radical (unpaired) electrons. The van der Waals surface area contributed by atoms with Crippen LogP contribution in [0, 0.1) is 28.9 Å². The number of ether oxygens (including phenoxy) is 2. The van der Waals surface area contributed by atoms with Crippen LogP contribution in [0.1, 0.15) is 29.0 Å². The van der Waals surface area contributed by atoms with E-state index in [1.54, 1.807) is 6.07 Å². The highest BCUT2D eigenvalue weighted by Crippen LogP contribution is 2.38. The summed E-state index contributed by atoms with van der Waals surface area (Å²) in [4.78, 5) is 32.5. The van der Waals surface area contributed by atoms with Crippen molar-refractivity contribution in [3.63, 3.8) is 0 Å². The third kappa shape index (κ3) is 4.38. The van der Waals surface area contributed by atoms with Gasteiger partial charge in [-0.1, -0.05) is 6.07 Å². The number of carbonyl (C=O) groups is 1. The predicted molar refractivity (Wildman–Crippen MR) is 120 cm³/mol. The number of hydrogen-bond acceptors (Lipinski definition) is 7. The fourth-order valence-electron chi connectivity index (χ4n) is 4.21. The summed E-state index contributed by atoms with van der Waals surface area (Å²) in [6, 6.07) is 9.94. The van der Waals surface area contributed by atoms with Crippen LogP contribution in [0.15, 0.2) is 41.2 Å². The average Bonchev–Trinajstić information content (AvgIpc) is 3.06. The first-order chi connectivity index (χ1) is 16.9. The number of aromatic amines is 1. The Bertz CT molecular complexity index is 1400. The van der Waals surface area contributed by atoms with E-state index in [1.807, 2.05) is 18.2 Å². The van der Waals surface area contributed by atoms with Gasteiger partial charge in [0, 0.05) is 24.9 Å². The Morgan fingerprint density at radius 1 is 1.09 bits per heavy atom. The molecule has 9 nitrogen and oxygen atoms in total. The number of nitrogens with one attached hydrogen (secondary N) is 3. The van der Waals surface area contributed by atoms with Crippen LogP contribution in [0.4, 0.5) is 20.5 Å². The normalized spacial score (nSPS) is 18.6. The van der Waals surface area contributed by atoms with Crippen LogP contribution in [0.5, 0.6) is 11.5 Å². The summed E-state index contributed by atoms with van der Waals surface area (Å²) < 4.78 is 39.1. The molecule has 0 bridgehead atoms. The number of aromatic nitrogens is 2. The first kappa shape index (κ1) is 22.3. The van der Waals surface area contributed by atoms with E-state index < -0.39 is 34.9 Å². The van der Waals surface area contributed by atoms with Crippen molar-refractivity contribution < 1.29 is 23.0 Å². The van der Waals surface area contributed by atoms with Gasteiger partial charge in [0.15, 0.2) is 11.5 Å². The molecule has 2 aliphatic heterocycles. The second kappa shape index (κ2) is 9.06. The molecule has 3 heterocycles. The molecule has 178 valence electrons. The van der Waals surface area contributed by atoms with E-state index in [0.717, 1.165) is 24.1 Å². The SMILES string of the molecule is N#CC1C(=O)Nc2nc(NCc3ccc4c(c3)OCCCO4)[nH]c(=O)c2C1c1cc(F)cc(F)c1. The van der Waals surface area contributed by atoms with Gasteiger partial charge in [0.25, 0.3) is 5.56 Å². The summed E-state index contributed by atoms with van der Waals surface area (Å²) >= 11 is 0. The van der Waals surface area contributed by atoms with Crippen LogP contribution in [0.2, 0.25) is 0 Å². The average molecular weight is 479 g/mol. The van der Waals surface area contributed by atoms with Gasteiger partial charge in [-0.25, -0.2) is 8.78 Å². The summed E-state index contributed by atoms with van der Waals surface area (Å²) in [5, 5.41) is 15.0. The van der Waals surface area contributed by atoms with Crippen LogP contribution in [-0.4, -0.2) is 29.1 Å². The lowest BCUT2D eigenvalue weighted by atomic mass is 9.79. The molecule has 2 aliphatic rings. The van der Waals surface area contributed by atoms with Gasteiger partial charge in [-0.15, -0.1) is 0 Å². The molecule has 0 spiro atoms. The molecule has 2 aromatic carbocycles. The Balaban J connectivity index is 1.46. The van der Waals surface area contributed by atoms with Crippen LogP contribution in [0.25, 0.3) is 0 Å². The number of benzene rings is 2. The summed E-state index contributed by atoms with van der Waals surface area (Å²) in [5.74, 6) is -3.80. The van der Waals surface area contributed by atoms with Gasteiger partial charge in [-0.2, -0.15) is 10.2 Å². The monoisotopic (exact) mass is 479 g/mol. The highest BCUT2D eigenvalue weighted by molar-refractivity contribution is 5.97. The quantitative estimate of drug-likeness (QED) is 0.525. The van der Waals surface area contributed by atoms with E-state index in [9.17, 15) is 23.6 Å². The Morgan fingerprint density at radius 2 is 1.83 bits per heavy atom. The topological polar surface area (TPSA) is 129 Å². The Kier molecular flexibility index (Phi) is 5.78. The largest absolute Gasteiger partial charge is 0.490 e. The second-order valence-corrected chi connectivity index (χ2v) is 8.14. The third-order valence-corrected chi connectivity index (χ3v) is 5.78. The summed E-state index contributed by atoms with van der Waals surface area (Å²) in [5.41, 5.74) is 0.120. The van der Waals surface area contributed by atoms with Crippen molar-refractivity contribution in [1.29, 1.82) is 5.26 Å². The standard InChI is InChI=1S/C24H19F2N5O4/c25-14-7-13(8-15(26)9-14)19-16(10-27)22(32)29-21-20(19)23(33)31-24(30-21)28-11-12-2-3-17-18(6-12)35-5-1-4-34-17/h2-3,6-9,16,19H,1,4-5,11H2,(H3,28,29,30,31,32,33). The predicted octanol–water partition coefficient (Wildman–Crippen LogP) is 3.05. The maximum atomic E-state index is 13.9. The molecule has 1 amide bonds. The zero-order valence-electron chi connectivity index (χ0n) is 18.2. The Morgan fingerprint density at radius 3 is 2.57 bits per heavy atom. The lowest BCUT2D eigenvalue weighted by Gasteiger charge is -2.28. The molecule has 3 aromatic rings. The number of anilines is 2. The molecule has 0 aliphatic carbocycles. The number of carbonyl (C=O) groups excluding carboxylic acids is 1. The van der Waals surface area contributed by atoms with E-state index >= 15 is 0 Å². The van der Waals surface area contributed by atoms with Crippen molar-refractivity contribution >= 4 is 17.7 Å². The molecule has 0 saturated carbocycles.